The van der Waals surface area contributed by atoms with Crippen LogP contribution in [0.25, 0.3) is 0 Å². The first-order valence-electron chi connectivity index (χ1n) is 6.14. The molecule has 0 saturated carbocycles. The summed E-state index contributed by atoms with van der Waals surface area (Å²) in [6, 6.07) is 2.82. The second-order valence-electron chi connectivity index (χ2n) is 4.41. The minimum Gasteiger partial charge on any atom is -0.337 e. The van der Waals surface area contributed by atoms with E-state index in [0.717, 1.165) is 0 Å². The summed E-state index contributed by atoms with van der Waals surface area (Å²) in [4.78, 5) is 23.3. The molecule has 0 aliphatic heterocycles. The Labute approximate surface area is 119 Å². The number of carbonyl (C=O) groups excluding carboxylic acids is 1. The highest BCUT2D eigenvalue weighted by Gasteiger charge is 2.27. The van der Waals surface area contributed by atoms with Gasteiger partial charge in [-0.3, -0.25) is 14.9 Å². The Kier molecular flexibility index (Phi) is 5.30. The minimum atomic E-state index is -1.40. The smallest absolute Gasteiger partial charge is 0.285 e. The van der Waals surface area contributed by atoms with Gasteiger partial charge in [0.05, 0.1) is 23.0 Å². The first-order chi connectivity index (χ1) is 9.81. The lowest BCUT2D eigenvalue weighted by Crippen LogP contribution is -2.34. The first kappa shape index (κ1) is 16.5. The maximum atomic E-state index is 13.3. The fraction of sp³-hybridized carbons (Fsp3) is 0.385. The van der Waals surface area contributed by atoms with Crippen LogP contribution >= 0.6 is 0 Å². The van der Waals surface area contributed by atoms with Gasteiger partial charge < -0.3 is 4.90 Å². The third-order valence-electron chi connectivity index (χ3n) is 2.85. The van der Waals surface area contributed by atoms with Crippen LogP contribution in [0.2, 0.25) is 0 Å². The van der Waals surface area contributed by atoms with Crippen molar-refractivity contribution in [1.29, 1.82) is 5.26 Å². The number of nitro benzene ring substituents is 1. The van der Waals surface area contributed by atoms with Gasteiger partial charge in [-0.25, -0.2) is 8.78 Å². The van der Waals surface area contributed by atoms with E-state index in [2.05, 4.69) is 0 Å². The number of amides is 1. The van der Waals surface area contributed by atoms with E-state index in [0.29, 0.717) is 12.1 Å². The van der Waals surface area contributed by atoms with E-state index >= 15 is 0 Å². The van der Waals surface area contributed by atoms with Crippen molar-refractivity contribution < 1.29 is 18.5 Å². The lowest BCUT2D eigenvalue weighted by atomic mass is 10.1. The molecule has 0 bridgehead atoms. The number of halogens is 2. The zero-order valence-corrected chi connectivity index (χ0v) is 11.5. The molecule has 1 aromatic rings. The van der Waals surface area contributed by atoms with E-state index in [1.54, 1.807) is 13.8 Å². The highest BCUT2D eigenvalue weighted by atomic mass is 19.2. The predicted molar refractivity (Wildman–Crippen MR) is 69.4 cm³/mol. The Hall–Kier alpha value is -2.56. The second-order valence-corrected chi connectivity index (χ2v) is 4.41. The van der Waals surface area contributed by atoms with E-state index in [1.165, 1.54) is 4.90 Å². The highest BCUT2D eigenvalue weighted by Crippen LogP contribution is 2.24. The number of rotatable bonds is 5. The molecule has 0 fully saturated rings. The molecule has 0 heterocycles. The summed E-state index contributed by atoms with van der Waals surface area (Å²) in [6.45, 7) is 3.42. The quantitative estimate of drug-likeness (QED) is 0.617. The summed E-state index contributed by atoms with van der Waals surface area (Å²) in [5, 5.41) is 19.6. The highest BCUT2D eigenvalue weighted by molar-refractivity contribution is 5.98. The summed E-state index contributed by atoms with van der Waals surface area (Å²) in [5.74, 6) is -4.04. The molecule has 1 aromatic carbocycles. The van der Waals surface area contributed by atoms with Crippen LogP contribution in [0, 0.1) is 39.0 Å². The first-order valence-corrected chi connectivity index (χ1v) is 6.14. The fourth-order valence-corrected chi connectivity index (χ4v) is 1.76. The number of hydrogen-bond donors (Lipinski definition) is 0. The van der Waals surface area contributed by atoms with Crippen molar-refractivity contribution >= 4 is 11.6 Å². The van der Waals surface area contributed by atoms with Gasteiger partial charge in [0.25, 0.3) is 11.6 Å². The summed E-state index contributed by atoms with van der Waals surface area (Å²) >= 11 is 0. The molecule has 21 heavy (non-hydrogen) atoms. The monoisotopic (exact) mass is 297 g/mol. The van der Waals surface area contributed by atoms with Crippen molar-refractivity contribution in [3.8, 4) is 6.07 Å². The lowest BCUT2D eigenvalue weighted by Gasteiger charge is -2.21. The van der Waals surface area contributed by atoms with Gasteiger partial charge in [0.2, 0.25) is 0 Å². The maximum Gasteiger partial charge on any atom is 0.285 e. The van der Waals surface area contributed by atoms with Gasteiger partial charge in [0.15, 0.2) is 11.6 Å². The summed E-state index contributed by atoms with van der Waals surface area (Å²) in [6.07, 6.45) is 0. The van der Waals surface area contributed by atoms with Crippen LogP contribution in [-0.4, -0.2) is 28.8 Å². The Bertz CT molecular complexity index is 613. The number of hydrogen-bond acceptors (Lipinski definition) is 4. The molecule has 6 nitrogen and oxygen atoms in total. The predicted octanol–water partition coefficient (Wildman–Crippen LogP) is 2.49. The third kappa shape index (κ3) is 3.72. The molecule has 1 rings (SSSR count). The Balaban J connectivity index is 3.25. The van der Waals surface area contributed by atoms with Crippen molar-refractivity contribution in [2.24, 2.45) is 5.92 Å². The summed E-state index contributed by atoms with van der Waals surface area (Å²) in [7, 11) is 0. The standard InChI is InChI=1S/C13H13F2N3O3/c1-3-17(7-8(2)6-16)13(19)9-4-10(14)11(15)5-12(9)18(20)21/h4-5,8H,3,7H2,1-2H3. The normalized spacial score (nSPS) is 11.6. The van der Waals surface area contributed by atoms with Gasteiger partial charge in [-0.15, -0.1) is 0 Å². The van der Waals surface area contributed by atoms with E-state index in [4.69, 9.17) is 5.26 Å². The molecular weight excluding hydrogens is 284 g/mol. The van der Waals surface area contributed by atoms with Gasteiger partial charge in [0, 0.05) is 13.1 Å². The lowest BCUT2D eigenvalue weighted by molar-refractivity contribution is -0.385. The number of nitro groups is 1. The Morgan fingerprint density at radius 2 is 2.05 bits per heavy atom. The van der Waals surface area contributed by atoms with Gasteiger partial charge in [-0.2, -0.15) is 5.26 Å². The van der Waals surface area contributed by atoms with E-state index in [-0.39, 0.29) is 13.1 Å². The van der Waals surface area contributed by atoms with Crippen LogP contribution in [-0.2, 0) is 0 Å². The SMILES string of the molecule is CCN(CC(C)C#N)C(=O)c1cc(F)c(F)cc1[N+](=O)[O-]. The van der Waals surface area contributed by atoms with E-state index < -0.39 is 39.6 Å². The molecular formula is C13H13F2N3O3. The fourth-order valence-electron chi connectivity index (χ4n) is 1.76. The molecule has 1 amide bonds. The average molecular weight is 297 g/mol. The van der Waals surface area contributed by atoms with Crippen molar-refractivity contribution in [2.45, 2.75) is 13.8 Å². The molecule has 0 aliphatic carbocycles. The van der Waals surface area contributed by atoms with Crippen molar-refractivity contribution in [3.05, 3.63) is 39.4 Å². The Morgan fingerprint density at radius 1 is 1.48 bits per heavy atom. The van der Waals surface area contributed by atoms with Crippen molar-refractivity contribution in [2.75, 3.05) is 13.1 Å². The van der Waals surface area contributed by atoms with E-state index in [1.807, 2.05) is 6.07 Å². The molecule has 0 radical (unpaired) electrons. The molecule has 0 saturated heterocycles. The maximum absolute atomic E-state index is 13.3. The molecule has 112 valence electrons. The van der Waals surface area contributed by atoms with Crippen LogP contribution < -0.4 is 0 Å². The second kappa shape index (κ2) is 6.74. The number of carbonyl (C=O) groups is 1. The molecule has 0 aliphatic rings. The molecule has 1 atom stereocenters. The number of nitrogens with zero attached hydrogens (tertiary/aromatic N) is 3. The van der Waals surface area contributed by atoms with Crippen molar-refractivity contribution in [3.63, 3.8) is 0 Å². The van der Waals surface area contributed by atoms with Crippen LogP contribution in [0.4, 0.5) is 14.5 Å². The van der Waals surface area contributed by atoms with Crippen LogP contribution in [0.3, 0.4) is 0 Å². The van der Waals surface area contributed by atoms with Crippen LogP contribution in [0.5, 0.6) is 0 Å². The molecule has 8 heteroatoms. The van der Waals surface area contributed by atoms with Gasteiger partial charge in [-0.1, -0.05) is 0 Å². The average Bonchev–Trinajstić information content (AvgIpc) is 2.45. The Morgan fingerprint density at radius 3 is 2.52 bits per heavy atom. The zero-order chi connectivity index (χ0) is 16.2. The number of benzene rings is 1. The largest absolute Gasteiger partial charge is 0.337 e. The molecule has 0 aromatic heterocycles. The zero-order valence-electron chi connectivity index (χ0n) is 11.5. The minimum absolute atomic E-state index is 0.0436. The summed E-state index contributed by atoms with van der Waals surface area (Å²) in [5.41, 5.74) is -1.34. The molecule has 0 spiro atoms. The van der Waals surface area contributed by atoms with Gasteiger partial charge in [-0.05, 0) is 19.9 Å². The summed E-state index contributed by atoms with van der Waals surface area (Å²) < 4.78 is 26.3. The van der Waals surface area contributed by atoms with Crippen molar-refractivity contribution in [1.82, 2.24) is 4.90 Å². The van der Waals surface area contributed by atoms with Gasteiger partial charge >= 0.3 is 0 Å². The van der Waals surface area contributed by atoms with Crippen LogP contribution in [0.15, 0.2) is 12.1 Å². The molecule has 0 N–H and O–H groups in total. The third-order valence-corrected chi connectivity index (χ3v) is 2.85. The number of nitriles is 1. The topological polar surface area (TPSA) is 87.2 Å². The van der Waals surface area contributed by atoms with Gasteiger partial charge in [0.1, 0.15) is 5.56 Å². The molecule has 1 unspecified atom stereocenters. The van der Waals surface area contributed by atoms with E-state index in [9.17, 15) is 23.7 Å². The van der Waals surface area contributed by atoms with Crippen LogP contribution in [0.1, 0.15) is 24.2 Å².